The minimum absolute atomic E-state index is 0.106. The Hall–Kier alpha value is -1.86. The van der Waals surface area contributed by atoms with E-state index in [1.165, 1.54) is 19.1 Å². The van der Waals surface area contributed by atoms with Gasteiger partial charge >= 0.3 is 6.18 Å². The number of hydrogen-bond donors (Lipinski definition) is 2. The fourth-order valence-corrected chi connectivity index (χ4v) is 2.73. The van der Waals surface area contributed by atoms with Crippen molar-refractivity contribution in [1.82, 2.24) is 4.98 Å². The zero-order valence-corrected chi connectivity index (χ0v) is 16.3. The Morgan fingerprint density at radius 1 is 1.30 bits per heavy atom. The molecule has 0 amide bonds. The third-order valence-corrected chi connectivity index (χ3v) is 4.04. The lowest BCUT2D eigenvalue weighted by atomic mass is 10.0. The van der Waals surface area contributed by atoms with E-state index in [1.807, 2.05) is 13.8 Å². The van der Waals surface area contributed by atoms with E-state index < -0.39 is 24.0 Å². The molecule has 0 aliphatic rings. The third kappa shape index (κ3) is 5.81. The van der Waals surface area contributed by atoms with E-state index in [-0.39, 0.29) is 22.8 Å². The summed E-state index contributed by atoms with van der Waals surface area (Å²) in [5, 5.41) is 3.54. The molecule has 27 heavy (non-hydrogen) atoms. The molecule has 3 N–H and O–H groups in total. The van der Waals surface area contributed by atoms with Gasteiger partial charge in [-0.05, 0) is 32.0 Å². The number of rotatable bonds is 6. The van der Waals surface area contributed by atoms with Gasteiger partial charge in [-0.2, -0.15) is 13.2 Å². The Balaban J connectivity index is 0.00000176. The number of pyridine rings is 1. The number of aromatic nitrogens is 1. The lowest BCUT2D eigenvalue weighted by Crippen LogP contribution is -2.31. The van der Waals surface area contributed by atoms with Crippen molar-refractivity contribution < 1.29 is 17.6 Å². The molecule has 0 fully saturated rings. The van der Waals surface area contributed by atoms with Crippen LogP contribution in [0, 0.1) is 0 Å². The van der Waals surface area contributed by atoms with Gasteiger partial charge in [-0.1, -0.05) is 44.2 Å². The van der Waals surface area contributed by atoms with E-state index in [2.05, 4.69) is 16.9 Å². The SMILES string of the molecule is C=C(c1nc(Cl)cc2c(NC(CCN)C(C)F)cccc12)C(F)(F)F.CC. The van der Waals surface area contributed by atoms with Crippen LogP contribution in [0.15, 0.2) is 30.8 Å². The summed E-state index contributed by atoms with van der Waals surface area (Å²) in [5.41, 5.74) is 4.52. The van der Waals surface area contributed by atoms with Crippen molar-refractivity contribution in [2.45, 2.75) is 45.6 Å². The molecule has 2 atom stereocenters. The molecule has 2 rings (SSSR count). The van der Waals surface area contributed by atoms with Gasteiger partial charge in [-0.15, -0.1) is 0 Å². The molecule has 0 aliphatic carbocycles. The van der Waals surface area contributed by atoms with Crippen LogP contribution in [0.1, 0.15) is 32.9 Å². The van der Waals surface area contributed by atoms with Gasteiger partial charge in [-0.3, -0.25) is 0 Å². The maximum atomic E-state index is 13.8. The van der Waals surface area contributed by atoms with Crippen LogP contribution in [0.5, 0.6) is 0 Å². The topological polar surface area (TPSA) is 50.9 Å². The smallest absolute Gasteiger partial charge is 0.379 e. The Kier molecular flexibility index (Phi) is 8.50. The van der Waals surface area contributed by atoms with Crippen molar-refractivity contribution in [2.75, 3.05) is 11.9 Å². The number of fused-ring (bicyclic) bond motifs is 1. The normalized spacial score (nSPS) is 13.5. The van der Waals surface area contributed by atoms with Crippen molar-refractivity contribution in [2.24, 2.45) is 5.73 Å². The molecule has 8 heteroatoms. The standard InChI is InChI=1S/C17H18ClF4N3.C2H6/c1-9(17(20,21)22)16-11-4-3-5-14(12(11)8-15(18)25-16)24-13(6-7-23)10(2)19;1-2/h3-5,8,10,13,24H,1,6-7,23H2,2H3;1-2H3. The van der Waals surface area contributed by atoms with Crippen LogP contribution in [0.4, 0.5) is 23.2 Å². The van der Waals surface area contributed by atoms with Crippen LogP contribution in [-0.4, -0.2) is 29.9 Å². The second kappa shape index (κ2) is 9.90. The minimum atomic E-state index is -4.64. The molecule has 3 nitrogen and oxygen atoms in total. The van der Waals surface area contributed by atoms with Gasteiger partial charge in [-0.25, -0.2) is 9.37 Å². The highest BCUT2D eigenvalue weighted by molar-refractivity contribution is 6.30. The zero-order chi connectivity index (χ0) is 20.8. The van der Waals surface area contributed by atoms with E-state index in [1.54, 1.807) is 12.1 Å². The summed E-state index contributed by atoms with van der Waals surface area (Å²) >= 11 is 5.91. The molecule has 0 spiro atoms. The second-order valence-corrected chi connectivity index (χ2v) is 6.06. The van der Waals surface area contributed by atoms with Crippen LogP contribution in [0.2, 0.25) is 5.15 Å². The number of allylic oxidation sites excluding steroid dienone is 1. The van der Waals surface area contributed by atoms with Gasteiger partial charge in [0.05, 0.1) is 17.3 Å². The predicted molar refractivity (Wildman–Crippen MR) is 105 cm³/mol. The number of benzene rings is 1. The average molecular weight is 406 g/mol. The molecule has 1 heterocycles. The van der Waals surface area contributed by atoms with E-state index in [4.69, 9.17) is 17.3 Å². The van der Waals surface area contributed by atoms with Gasteiger partial charge in [0.2, 0.25) is 0 Å². The van der Waals surface area contributed by atoms with Gasteiger partial charge in [0, 0.05) is 16.5 Å². The Bertz CT molecular complexity index is 775. The lowest BCUT2D eigenvalue weighted by molar-refractivity contribution is -0.0688. The van der Waals surface area contributed by atoms with Crippen LogP contribution in [-0.2, 0) is 0 Å². The summed E-state index contributed by atoms with van der Waals surface area (Å²) in [6.45, 7) is 8.76. The number of hydrogen-bond acceptors (Lipinski definition) is 3. The number of nitrogens with one attached hydrogen (secondary N) is 1. The Labute approximate surface area is 161 Å². The molecule has 150 valence electrons. The largest absolute Gasteiger partial charge is 0.417 e. The van der Waals surface area contributed by atoms with Gasteiger partial charge < -0.3 is 11.1 Å². The fraction of sp³-hybridized carbons (Fsp3) is 0.421. The number of nitrogens with two attached hydrogens (primary N) is 1. The first-order valence-corrected chi connectivity index (χ1v) is 8.99. The number of halogens is 5. The van der Waals surface area contributed by atoms with E-state index >= 15 is 0 Å². The van der Waals surface area contributed by atoms with E-state index in [0.717, 1.165) is 0 Å². The fourth-order valence-electron chi connectivity index (χ4n) is 2.53. The molecule has 0 saturated carbocycles. The van der Waals surface area contributed by atoms with Crippen LogP contribution in [0.3, 0.4) is 0 Å². The summed E-state index contributed by atoms with van der Waals surface area (Å²) in [4.78, 5) is 3.78. The molecule has 0 bridgehead atoms. The van der Waals surface area contributed by atoms with Gasteiger partial charge in [0.15, 0.2) is 0 Å². The number of nitrogens with zero attached hydrogens (tertiary/aromatic N) is 1. The molecule has 0 radical (unpaired) electrons. The number of alkyl halides is 4. The molecule has 0 aliphatic heterocycles. The maximum absolute atomic E-state index is 13.8. The van der Waals surface area contributed by atoms with Gasteiger partial charge in [0.25, 0.3) is 0 Å². The molecule has 0 saturated heterocycles. The van der Waals surface area contributed by atoms with Crippen molar-refractivity contribution in [3.8, 4) is 0 Å². The minimum Gasteiger partial charge on any atom is -0.379 e. The molecule has 2 aromatic rings. The lowest BCUT2D eigenvalue weighted by Gasteiger charge is -2.22. The summed E-state index contributed by atoms with van der Waals surface area (Å²) in [6.07, 6.45) is -5.46. The van der Waals surface area contributed by atoms with Crippen LogP contribution < -0.4 is 11.1 Å². The van der Waals surface area contributed by atoms with Crippen LogP contribution in [0.25, 0.3) is 16.3 Å². The molecule has 1 aromatic carbocycles. The third-order valence-electron chi connectivity index (χ3n) is 3.84. The van der Waals surface area contributed by atoms with E-state index in [9.17, 15) is 17.6 Å². The average Bonchev–Trinajstić information content (AvgIpc) is 2.61. The van der Waals surface area contributed by atoms with Gasteiger partial charge in [0.1, 0.15) is 11.3 Å². The Morgan fingerprint density at radius 2 is 1.93 bits per heavy atom. The molecular formula is C19H24ClF4N3. The maximum Gasteiger partial charge on any atom is 0.417 e. The van der Waals surface area contributed by atoms with Crippen molar-refractivity contribution in [3.05, 3.63) is 41.7 Å². The summed E-state index contributed by atoms with van der Waals surface area (Å²) in [5.74, 6) is 0. The number of anilines is 1. The summed E-state index contributed by atoms with van der Waals surface area (Å²) in [6, 6.07) is 5.57. The first kappa shape index (κ1) is 23.2. The van der Waals surface area contributed by atoms with Crippen LogP contribution >= 0.6 is 11.6 Å². The monoisotopic (exact) mass is 405 g/mol. The van der Waals surface area contributed by atoms with Crippen molar-refractivity contribution in [1.29, 1.82) is 0 Å². The molecular weight excluding hydrogens is 382 g/mol. The summed E-state index contributed by atoms with van der Waals surface area (Å²) in [7, 11) is 0. The predicted octanol–water partition coefficient (Wildman–Crippen LogP) is 5.98. The summed E-state index contributed by atoms with van der Waals surface area (Å²) < 4.78 is 52.9. The highest BCUT2D eigenvalue weighted by atomic mass is 35.5. The Morgan fingerprint density at radius 3 is 2.44 bits per heavy atom. The van der Waals surface area contributed by atoms with Crippen molar-refractivity contribution in [3.63, 3.8) is 0 Å². The highest BCUT2D eigenvalue weighted by Gasteiger charge is 2.35. The molecule has 2 unspecified atom stereocenters. The second-order valence-electron chi connectivity index (χ2n) is 5.68. The molecule has 1 aromatic heterocycles. The first-order valence-electron chi connectivity index (χ1n) is 8.61. The quantitative estimate of drug-likeness (QED) is 0.459. The first-order chi connectivity index (χ1) is 12.6. The van der Waals surface area contributed by atoms with Crippen molar-refractivity contribution >= 4 is 33.6 Å². The highest BCUT2D eigenvalue weighted by Crippen LogP contribution is 2.37. The zero-order valence-electron chi connectivity index (χ0n) is 15.5. The van der Waals surface area contributed by atoms with E-state index in [0.29, 0.717) is 17.5 Å².